The molecule has 4 rings (SSSR count). The van der Waals surface area contributed by atoms with Gasteiger partial charge in [0, 0.05) is 10.6 Å². The SMILES string of the molecule is O=C(CSc1nnc(NC(=O)OCc2ccccc2)s1)Nc1nnc(-c2ccc(Cl)cc2Cl)s1. The predicted molar refractivity (Wildman–Crippen MR) is 135 cm³/mol. The van der Waals surface area contributed by atoms with Gasteiger partial charge < -0.3 is 4.74 Å². The molecule has 2 heterocycles. The highest BCUT2D eigenvalue weighted by atomic mass is 35.5. The van der Waals surface area contributed by atoms with Crippen LogP contribution >= 0.6 is 57.6 Å². The lowest BCUT2D eigenvalue weighted by molar-refractivity contribution is -0.113. The number of anilines is 2. The Morgan fingerprint density at radius 2 is 1.71 bits per heavy atom. The van der Waals surface area contributed by atoms with Gasteiger partial charge in [0.15, 0.2) is 9.35 Å². The zero-order valence-electron chi connectivity index (χ0n) is 17.0. The average Bonchev–Trinajstić information content (AvgIpc) is 3.46. The first kappa shape index (κ1) is 24.4. The molecule has 0 spiro atoms. The summed E-state index contributed by atoms with van der Waals surface area (Å²) in [6.07, 6.45) is -0.637. The Balaban J connectivity index is 1.23. The van der Waals surface area contributed by atoms with E-state index in [-0.39, 0.29) is 23.4 Å². The van der Waals surface area contributed by atoms with Gasteiger partial charge >= 0.3 is 6.09 Å². The molecule has 0 atom stereocenters. The fraction of sp³-hybridized carbons (Fsp3) is 0.100. The Morgan fingerprint density at radius 1 is 0.941 bits per heavy atom. The van der Waals surface area contributed by atoms with E-state index in [9.17, 15) is 9.59 Å². The topological polar surface area (TPSA) is 119 Å². The Kier molecular flexibility index (Phi) is 8.29. The van der Waals surface area contributed by atoms with Crippen LogP contribution in [0.3, 0.4) is 0 Å². The van der Waals surface area contributed by atoms with Crippen LogP contribution in [0.1, 0.15) is 5.56 Å². The number of hydrogen-bond acceptors (Lipinski definition) is 10. The highest BCUT2D eigenvalue weighted by Crippen LogP contribution is 2.33. The van der Waals surface area contributed by atoms with Crippen LogP contribution < -0.4 is 10.6 Å². The molecule has 0 radical (unpaired) electrons. The molecule has 0 bridgehead atoms. The molecule has 0 unspecified atom stereocenters. The van der Waals surface area contributed by atoms with Crippen LogP contribution in [-0.2, 0) is 16.1 Å². The minimum atomic E-state index is -0.637. The Bertz CT molecular complexity index is 1300. The number of aromatic nitrogens is 4. The Morgan fingerprint density at radius 3 is 2.50 bits per heavy atom. The number of ether oxygens (including phenoxy) is 1. The first-order chi connectivity index (χ1) is 16.5. The zero-order chi connectivity index (χ0) is 23.9. The minimum Gasteiger partial charge on any atom is -0.444 e. The van der Waals surface area contributed by atoms with E-state index >= 15 is 0 Å². The first-order valence-electron chi connectivity index (χ1n) is 9.49. The second-order valence-electron chi connectivity index (χ2n) is 6.43. The molecule has 2 amide bonds. The summed E-state index contributed by atoms with van der Waals surface area (Å²) >= 11 is 15.6. The normalized spacial score (nSPS) is 10.6. The van der Waals surface area contributed by atoms with E-state index in [0.29, 0.717) is 30.1 Å². The van der Waals surface area contributed by atoms with Crippen molar-refractivity contribution in [2.45, 2.75) is 10.9 Å². The van der Waals surface area contributed by atoms with E-state index in [1.807, 2.05) is 30.3 Å². The molecule has 2 N–H and O–H groups in total. The highest BCUT2D eigenvalue weighted by Gasteiger charge is 2.14. The summed E-state index contributed by atoms with van der Waals surface area (Å²) in [4.78, 5) is 24.2. The molecule has 9 nitrogen and oxygen atoms in total. The fourth-order valence-corrected chi connectivity index (χ4v) is 5.38. The van der Waals surface area contributed by atoms with E-state index in [1.54, 1.807) is 18.2 Å². The van der Waals surface area contributed by atoms with E-state index in [4.69, 9.17) is 27.9 Å². The van der Waals surface area contributed by atoms with Crippen LogP contribution in [-0.4, -0.2) is 38.1 Å². The summed E-state index contributed by atoms with van der Waals surface area (Å²) < 4.78 is 5.66. The molecular formula is C20H14Cl2N6O3S3. The van der Waals surface area contributed by atoms with Gasteiger partial charge in [0.05, 0.1) is 10.8 Å². The number of carbonyl (C=O) groups excluding carboxylic acids is 2. The summed E-state index contributed by atoms with van der Waals surface area (Å²) in [5.41, 5.74) is 1.55. The van der Waals surface area contributed by atoms with Gasteiger partial charge in [-0.25, -0.2) is 4.79 Å². The molecule has 2 aromatic heterocycles. The fourth-order valence-electron chi connectivity index (χ4n) is 2.49. The second-order valence-corrected chi connectivity index (χ2v) is 10.5. The standard InChI is InChI=1S/C20H14Cl2N6O3S3/c21-12-6-7-13(14(22)8-12)16-25-26-17(33-16)23-15(29)10-32-20-28-27-18(34-20)24-19(30)31-9-11-4-2-1-3-5-11/h1-8H,9-10H2,(H,23,26,29)(H,24,27,30). The van der Waals surface area contributed by atoms with Crippen molar-refractivity contribution in [1.29, 1.82) is 0 Å². The molecule has 34 heavy (non-hydrogen) atoms. The molecule has 0 saturated carbocycles. The monoisotopic (exact) mass is 552 g/mol. The molecule has 4 aromatic rings. The van der Waals surface area contributed by atoms with Gasteiger partial charge in [-0.05, 0) is 23.8 Å². The van der Waals surface area contributed by atoms with Crippen molar-refractivity contribution in [2.75, 3.05) is 16.4 Å². The predicted octanol–water partition coefficient (Wildman–Crippen LogP) is 5.84. The first-order valence-corrected chi connectivity index (χ1v) is 12.9. The van der Waals surface area contributed by atoms with E-state index in [0.717, 1.165) is 16.9 Å². The van der Waals surface area contributed by atoms with Gasteiger partial charge in [0.25, 0.3) is 0 Å². The molecule has 0 saturated heterocycles. The van der Waals surface area contributed by atoms with Crippen molar-refractivity contribution in [2.24, 2.45) is 0 Å². The van der Waals surface area contributed by atoms with Crippen molar-refractivity contribution in [3.63, 3.8) is 0 Å². The van der Waals surface area contributed by atoms with Crippen LogP contribution in [0.25, 0.3) is 10.6 Å². The number of carbonyl (C=O) groups is 2. The maximum Gasteiger partial charge on any atom is 0.413 e. The van der Waals surface area contributed by atoms with Crippen LogP contribution in [0.5, 0.6) is 0 Å². The summed E-state index contributed by atoms with van der Waals surface area (Å²) in [5.74, 6) is -0.217. The van der Waals surface area contributed by atoms with Crippen molar-refractivity contribution < 1.29 is 14.3 Å². The van der Waals surface area contributed by atoms with Gasteiger partial charge in [0.1, 0.15) is 6.61 Å². The average molecular weight is 553 g/mol. The van der Waals surface area contributed by atoms with Gasteiger partial charge in [0.2, 0.25) is 16.2 Å². The van der Waals surface area contributed by atoms with Crippen molar-refractivity contribution in [3.05, 3.63) is 64.1 Å². The van der Waals surface area contributed by atoms with E-state index in [2.05, 4.69) is 31.0 Å². The van der Waals surface area contributed by atoms with Crippen molar-refractivity contribution >= 4 is 79.9 Å². The van der Waals surface area contributed by atoms with Crippen LogP contribution in [0.15, 0.2) is 52.9 Å². The lowest BCUT2D eigenvalue weighted by Crippen LogP contribution is -2.13. The Hall–Kier alpha value is -2.77. The molecule has 0 aliphatic carbocycles. The number of benzene rings is 2. The molecule has 0 fully saturated rings. The number of thioether (sulfide) groups is 1. The smallest absolute Gasteiger partial charge is 0.413 e. The van der Waals surface area contributed by atoms with Crippen LogP contribution in [0.4, 0.5) is 15.1 Å². The molecular weight excluding hydrogens is 539 g/mol. The lowest BCUT2D eigenvalue weighted by Gasteiger charge is -2.04. The number of hydrogen-bond donors (Lipinski definition) is 2. The maximum atomic E-state index is 12.3. The number of nitrogens with one attached hydrogen (secondary N) is 2. The third kappa shape index (κ3) is 6.87. The molecule has 174 valence electrons. The van der Waals surface area contributed by atoms with E-state index < -0.39 is 6.09 Å². The maximum absolute atomic E-state index is 12.3. The largest absolute Gasteiger partial charge is 0.444 e. The summed E-state index contributed by atoms with van der Waals surface area (Å²) in [5, 5.41) is 23.2. The zero-order valence-corrected chi connectivity index (χ0v) is 21.0. The molecule has 0 aliphatic heterocycles. The summed E-state index contributed by atoms with van der Waals surface area (Å²) in [6.45, 7) is 0.144. The van der Waals surface area contributed by atoms with Crippen molar-refractivity contribution in [3.8, 4) is 10.6 Å². The van der Waals surface area contributed by atoms with Gasteiger partial charge in [-0.2, -0.15) is 0 Å². The number of nitrogens with zero attached hydrogens (tertiary/aromatic N) is 4. The second kappa shape index (κ2) is 11.6. The third-order valence-corrected chi connectivity index (χ3v) is 7.38. The number of halogens is 2. The lowest BCUT2D eigenvalue weighted by atomic mass is 10.2. The molecule has 14 heteroatoms. The summed E-state index contributed by atoms with van der Waals surface area (Å²) in [6, 6.07) is 14.4. The van der Waals surface area contributed by atoms with Crippen molar-refractivity contribution in [1.82, 2.24) is 20.4 Å². The molecule has 2 aromatic carbocycles. The van der Waals surface area contributed by atoms with E-state index in [1.165, 1.54) is 23.1 Å². The highest BCUT2D eigenvalue weighted by molar-refractivity contribution is 8.01. The Labute approximate surface area is 215 Å². The van der Waals surface area contributed by atoms with Crippen LogP contribution in [0, 0.1) is 0 Å². The van der Waals surface area contributed by atoms with Gasteiger partial charge in [-0.15, -0.1) is 20.4 Å². The minimum absolute atomic E-state index is 0.0731. The number of amides is 2. The summed E-state index contributed by atoms with van der Waals surface area (Å²) in [7, 11) is 0. The number of rotatable bonds is 8. The van der Waals surface area contributed by atoms with Gasteiger partial charge in [-0.3, -0.25) is 15.4 Å². The van der Waals surface area contributed by atoms with Crippen LogP contribution in [0.2, 0.25) is 10.0 Å². The third-order valence-electron chi connectivity index (χ3n) is 3.99. The molecule has 0 aliphatic rings. The quantitative estimate of drug-likeness (QED) is 0.206. The van der Waals surface area contributed by atoms with Gasteiger partial charge in [-0.1, -0.05) is 88.0 Å².